The van der Waals surface area contributed by atoms with Gasteiger partial charge in [-0.15, -0.1) is 10.2 Å². The summed E-state index contributed by atoms with van der Waals surface area (Å²) < 4.78 is 0. The highest BCUT2D eigenvalue weighted by atomic mass is 32.1. The van der Waals surface area contributed by atoms with Crippen molar-refractivity contribution in [3.63, 3.8) is 0 Å². The molecule has 25 heavy (non-hydrogen) atoms. The second kappa shape index (κ2) is 6.92. The second-order valence-electron chi connectivity index (χ2n) is 6.88. The molecule has 2 aromatic rings. The van der Waals surface area contributed by atoms with Crippen molar-refractivity contribution in [3.8, 4) is 0 Å². The second-order valence-corrected chi connectivity index (χ2v) is 7.89. The molecule has 1 aromatic heterocycles. The Hall–Kier alpha value is -2.28. The van der Waals surface area contributed by atoms with Crippen LogP contribution in [0.2, 0.25) is 0 Å². The number of amides is 2. The number of anilines is 2. The molecule has 132 valence electrons. The Morgan fingerprint density at radius 2 is 2.04 bits per heavy atom. The van der Waals surface area contributed by atoms with E-state index in [1.165, 1.54) is 11.3 Å². The lowest BCUT2D eigenvalue weighted by atomic mass is 9.89. The highest BCUT2D eigenvalue weighted by Gasteiger charge is 2.34. The third kappa shape index (κ3) is 3.71. The van der Waals surface area contributed by atoms with Gasteiger partial charge in [-0.1, -0.05) is 50.3 Å². The van der Waals surface area contributed by atoms with Gasteiger partial charge in [-0.2, -0.15) is 0 Å². The molecule has 2 amide bonds. The van der Waals surface area contributed by atoms with Crippen molar-refractivity contribution < 1.29 is 9.59 Å². The van der Waals surface area contributed by atoms with E-state index in [4.69, 9.17) is 0 Å². The molecule has 6 nitrogen and oxygen atoms in total. The fourth-order valence-corrected chi connectivity index (χ4v) is 3.44. The monoisotopic (exact) mass is 358 g/mol. The fourth-order valence-electron chi connectivity index (χ4n) is 2.61. The molecule has 3 rings (SSSR count). The third-order valence-electron chi connectivity index (χ3n) is 4.70. The van der Waals surface area contributed by atoms with Crippen LogP contribution in [0.5, 0.6) is 0 Å². The first-order valence-corrected chi connectivity index (χ1v) is 9.22. The van der Waals surface area contributed by atoms with Crippen molar-refractivity contribution >= 4 is 34.0 Å². The van der Waals surface area contributed by atoms with Crippen molar-refractivity contribution in [2.45, 2.75) is 39.5 Å². The zero-order valence-electron chi connectivity index (χ0n) is 14.7. The molecule has 0 unspecified atom stereocenters. The summed E-state index contributed by atoms with van der Waals surface area (Å²) in [6, 6.07) is 9.63. The van der Waals surface area contributed by atoms with Crippen LogP contribution in [0.3, 0.4) is 0 Å². The van der Waals surface area contributed by atoms with Crippen LogP contribution in [0.4, 0.5) is 10.8 Å². The van der Waals surface area contributed by atoms with Crippen molar-refractivity contribution in [1.29, 1.82) is 0 Å². The summed E-state index contributed by atoms with van der Waals surface area (Å²) in [6.45, 7) is 6.37. The van der Waals surface area contributed by atoms with Gasteiger partial charge in [-0.05, 0) is 18.6 Å². The Bertz CT molecular complexity index is 772. The van der Waals surface area contributed by atoms with E-state index in [2.05, 4.69) is 15.5 Å². The molecule has 1 atom stereocenters. The van der Waals surface area contributed by atoms with E-state index >= 15 is 0 Å². The van der Waals surface area contributed by atoms with Crippen molar-refractivity contribution in [3.05, 3.63) is 35.3 Å². The number of carbonyl (C=O) groups is 2. The predicted octanol–water partition coefficient (Wildman–Crippen LogP) is 3.43. The topological polar surface area (TPSA) is 75.2 Å². The normalized spacial score (nSPS) is 17.8. The van der Waals surface area contributed by atoms with Crippen LogP contribution in [-0.2, 0) is 9.59 Å². The zero-order valence-corrected chi connectivity index (χ0v) is 15.5. The molecule has 1 saturated heterocycles. The highest BCUT2D eigenvalue weighted by Crippen LogP contribution is 2.34. The third-order valence-corrected chi connectivity index (χ3v) is 5.70. The maximum Gasteiger partial charge on any atom is 0.231 e. The van der Waals surface area contributed by atoms with Gasteiger partial charge in [0, 0.05) is 30.0 Å². The van der Waals surface area contributed by atoms with Crippen LogP contribution >= 0.6 is 11.3 Å². The maximum absolute atomic E-state index is 12.3. The summed E-state index contributed by atoms with van der Waals surface area (Å²) in [5.41, 5.74) is 0.456. The molecule has 0 radical (unpaired) electrons. The molecule has 7 heteroatoms. The molecule has 1 N–H and O–H groups in total. The van der Waals surface area contributed by atoms with E-state index in [0.717, 1.165) is 17.1 Å². The highest BCUT2D eigenvalue weighted by molar-refractivity contribution is 7.15. The van der Waals surface area contributed by atoms with Gasteiger partial charge in [0.05, 0.1) is 0 Å². The van der Waals surface area contributed by atoms with E-state index < -0.39 is 5.41 Å². The molecule has 0 bridgehead atoms. The summed E-state index contributed by atoms with van der Waals surface area (Å²) in [7, 11) is 0. The van der Waals surface area contributed by atoms with E-state index in [1.54, 1.807) is 4.90 Å². The maximum atomic E-state index is 12.3. The molecule has 1 fully saturated rings. The minimum atomic E-state index is -0.445. The minimum absolute atomic E-state index is 0.00930. The first-order chi connectivity index (χ1) is 11.9. The lowest BCUT2D eigenvalue weighted by Gasteiger charge is -2.20. The number of benzene rings is 1. The summed E-state index contributed by atoms with van der Waals surface area (Å²) in [5, 5.41) is 12.4. The van der Waals surface area contributed by atoms with Gasteiger partial charge >= 0.3 is 0 Å². The van der Waals surface area contributed by atoms with Gasteiger partial charge in [-0.3, -0.25) is 9.59 Å². The Kier molecular flexibility index (Phi) is 4.85. The van der Waals surface area contributed by atoms with Gasteiger partial charge in [0.1, 0.15) is 5.01 Å². The Morgan fingerprint density at radius 1 is 1.32 bits per heavy atom. The number of carbonyl (C=O) groups excluding carboxylic acids is 2. The number of aromatic nitrogens is 2. The first-order valence-electron chi connectivity index (χ1n) is 8.41. The van der Waals surface area contributed by atoms with Crippen LogP contribution in [0.15, 0.2) is 30.3 Å². The van der Waals surface area contributed by atoms with Crippen LogP contribution in [0.25, 0.3) is 0 Å². The van der Waals surface area contributed by atoms with Gasteiger partial charge in [0.15, 0.2) is 0 Å². The SMILES string of the molecule is CCC(C)(C)C(=O)Nc1nnc([C@@H]2CC(=O)N(c3ccccc3)C2)s1. The van der Waals surface area contributed by atoms with Crippen LogP contribution in [-0.4, -0.2) is 28.6 Å². The van der Waals surface area contributed by atoms with Gasteiger partial charge in [0.25, 0.3) is 0 Å². The quantitative estimate of drug-likeness (QED) is 0.888. The van der Waals surface area contributed by atoms with E-state index in [9.17, 15) is 9.59 Å². The van der Waals surface area contributed by atoms with Gasteiger partial charge in [0.2, 0.25) is 16.9 Å². The summed E-state index contributed by atoms with van der Waals surface area (Å²) in [4.78, 5) is 26.4. The smallest absolute Gasteiger partial charge is 0.231 e. The van der Waals surface area contributed by atoms with E-state index in [0.29, 0.717) is 18.1 Å². The average Bonchev–Trinajstić information content (AvgIpc) is 3.22. The standard InChI is InChI=1S/C18H22N4O2S/c1-4-18(2,3)16(24)19-17-21-20-15(25-17)12-10-14(23)22(11-12)13-8-6-5-7-9-13/h5-9,12H,4,10-11H2,1-3H3,(H,19,21,24)/t12-/m1/s1. The lowest BCUT2D eigenvalue weighted by Crippen LogP contribution is -2.29. The molecule has 2 heterocycles. The summed E-state index contributed by atoms with van der Waals surface area (Å²) >= 11 is 1.35. The Balaban J connectivity index is 1.69. The lowest BCUT2D eigenvalue weighted by molar-refractivity contribution is -0.124. The molecule has 0 aliphatic carbocycles. The molecule has 1 aromatic carbocycles. The molecular formula is C18H22N4O2S. The number of rotatable bonds is 5. The number of hydrogen-bond acceptors (Lipinski definition) is 5. The predicted molar refractivity (Wildman–Crippen MR) is 98.8 cm³/mol. The molecule has 1 aliphatic heterocycles. The van der Waals surface area contributed by atoms with Gasteiger partial charge < -0.3 is 10.2 Å². The number of nitrogens with one attached hydrogen (secondary N) is 1. The summed E-state index contributed by atoms with van der Waals surface area (Å²) in [6.07, 6.45) is 1.16. The molecule has 0 spiro atoms. The molecule has 1 aliphatic rings. The molecule has 0 saturated carbocycles. The minimum Gasteiger partial charge on any atom is -0.312 e. The zero-order chi connectivity index (χ0) is 18.0. The molecular weight excluding hydrogens is 336 g/mol. The largest absolute Gasteiger partial charge is 0.312 e. The van der Waals surface area contributed by atoms with Crippen LogP contribution in [0, 0.1) is 5.41 Å². The van der Waals surface area contributed by atoms with Crippen LogP contribution < -0.4 is 10.2 Å². The fraction of sp³-hybridized carbons (Fsp3) is 0.444. The number of para-hydroxylation sites is 1. The van der Waals surface area contributed by atoms with Crippen molar-refractivity contribution in [2.24, 2.45) is 5.41 Å². The van der Waals surface area contributed by atoms with Gasteiger partial charge in [-0.25, -0.2) is 0 Å². The Morgan fingerprint density at radius 3 is 2.72 bits per heavy atom. The Labute approximate surface area is 151 Å². The van der Waals surface area contributed by atoms with E-state index in [1.807, 2.05) is 51.1 Å². The average molecular weight is 358 g/mol. The van der Waals surface area contributed by atoms with Crippen molar-refractivity contribution in [2.75, 3.05) is 16.8 Å². The summed E-state index contributed by atoms with van der Waals surface area (Å²) in [5.74, 6) is 0.0326. The first kappa shape index (κ1) is 17.5. The van der Waals surface area contributed by atoms with E-state index in [-0.39, 0.29) is 17.7 Å². The van der Waals surface area contributed by atoms with Crippen molar-refractivity contribution in [1.82, 2.24) is 10.2 Å². The number of hydrogen-bond donors (Lipinski definition) is 1. The van der Waals surface area contributed by atoms with Crippen LogP contribution in [0.1, 0.15) is 44.5 Å². The number of nitrogens with zero attached hydrogens (tertiary/aromatic N) is 3.